The Morgan fingerprint density at radius 1 is 1.17 bits per heavy atom. The first kappa shape index (κ1) is 20.6. The van der Waals surface area contributed by atoms with E-state index in [1.165, 1.54) is 14.0 Å². The third-order valence-corrected chi connectivity index (χ3v) is 5.10. The molecule has 1 heterocycles. The molecule has 0 saturated heterocycles. The fraction of sp³-hybridized carbons (Fsp3) is 0.348. The van der Waals surface area contributed by atoms with Gasteiger partial charge in [0, 0.05) is 13.3 Å². The van der Waals surface area contributed by atoms with Gasteiger partial charge in [0.1, 0.15) is 5.54 Å². The fourth-order valence-electron chi connectivity index (χ4n) is 3.65. The maximum Gasteiger partial charge on any atom is 0.308 e. The Hall–Kier alpha value is -3.15. The number of hydrogen-bond donors (Lipinski definition) is 0. The zero-order chi connectivity index (χ0) is 21.0. The van der Waals surface area contributed by atoms with E-state index in [2.05, 4.69) is 11.9 Å². The first-order chi connectivity index (χ1) is 13.9. The van der Waals surface area contributed by atoms with Crippen molar-refractivity contribution in [2.75, 3.05) is 7.11 Å². The summed E-state index contributed by atoms with van der Waals surface area (Å²) in [6, 6.07) is 15.2. The molecule has 0 radical (unpaired) electrons. The van der Waals surface area contributed by atoms with E-state index < -0.39 is 11.5 Å². The van der Waals surface area contributed by atoms with Crippen LogP contribution in [-0.2, 0) is 16.0 Å². The van der Waals surface area contributed by atoms with Crippen LogP contribution in [-0.4, -0.2) is 35.8 Å². The number of carbonyl (C=O) groups excluding carboxylic acids is 2. The highest BCUT2D eigenvalue weighted by molar-refractivity contribution is 6.00. The van der Waals surface area contributed by atoms with Crippen molar-refractivity contribution in [1.29, 1.82) is 0 Å². The van der Waals surface area contributed by atoms with Gasteiger partial charge in [0.15, 0.2) is 11.5 Å². The van der Waals surface area contributed by atoms with Crippen molar-refractivity contribution in [3.8, 4) is 11.5 Å². The molecule has 1 aliphatic rings. The Morgan fingerprint density at radius 3 is 2.52 bits per heavy atom. The van der Waals surface area contributed by atoms with E-state index in [0.717, 1.165) is 17.5 Å². The smallest absolute Gasteiger partial charge is 0.308 e. The van der Waals surface area contributed by atoms with Gasteiger partial charge in [-0.2, -0.15) is 0 Å². The average molecular weight is 394 g/mol. The molecule has 3 rings (SSSR count). The number of hydrogen-bond acceptors (Lipinski definition) is 5. The topological polar surface area (TPSA) is 68.2 Å². The molecule has 6 heteroatoms. The second-order valence-electron chi connectivity index (χ2n) is 7.32. The fourth-order valence-corrected chi connectivity index (χ4v) is 3.65. The maximum absolute atomic E-state index is 13.3. The Labute approximate surface area is 171 Å². The molecule has 2 aromatic carbocycles. The quantitative estimate of drug-likeness (QED) is 0.527. The first-order valence-corrected chi connectivity index (χ1v) is 9.66. The van der Waals surface area contributed by atoms with Crippen LogP contribution in [0.2, 0.25) is 0 Å². The summed E-state index contributed by atoms with van der Waals surface area (Å²) in [6.45, 7) is 5.24. The summed E-state index contributed by atoms with van der Waals surface area (Å²) in [5.74, 6) is 0.354. The van der Waals surface area contributed by atoms with E-state index in [-0.39, 0.29) is 11.9 Å². The molecule has 2 unspecified atom stereocenters. The van der Waals surface area contributed by atoms with Gasteiger partial charge in [-0.05, 0) is 36.6 Å². The average Bonchev–Trinajstić information content (AvgIpc) is 2.99. The van der Waals surface area contributed by atoms with Gasteiger partial charge < -0.3 is 9.47 Å². The minimum absolute atomic E-state index is 0.0313. The molecule has 0 aliphatic carbocycles. The van der Waals surface area contributed by atoms with Crippen LogP contribution in [0.3, 0.4) is 0 Å². The third-order valence-electron chi connectivity index (χ3n) is 5.10. The first-order valence-electron chi connectivity index (χ1n) is 9.66. The highest BCUT2D eigenvalue weighted by Crippen LogP contribution is 2.34. The van der Waals surface area contributed by atoms with Gasteiger partial charge in [-0.1, -0.05) is 43.3 Å². The van der Waals surface area contributed by atoms with Crippen LogP contribution < -0.4 is 9.47 Å². The van der Waals surface area contributed by atoms with E-state index in [4.69, 9.17) is 9.47 Å². The number of aliphatic imine (C=N–C) groups is 1. The highest BCUT2D eigenvalue weighted by atomic mass is 16.6. The summed E-state index contributed by atoms with van der Waals surface area (Å²) in [5, 5.41) is 0. The van der Waals surface area contributed by atoms with Crippen molar-refractivity contribution < 1.29 is 19.1 Å². The zero-order valence-corrected chi connectivity index (χ0v) is 17.2. The van der Waals surface area contributed by atoms with Crippen LogP contribution in [0.1, 0.15) is 44.4 Å². The van der Waals surface area contributed by atoms with Crippen molar-refractivity contribution >= 4 is 18.2 Å². The van der Waals surface area contributed by atoms with Crippen LogP contribution in [0.15, 0.2) is 53.5 Å². The molecule has 0 N–H and O–H groups in total. The van der Waals surface area contributed by atoms with Crippen molar-refractivity contribution in [3.05, 3.63) is 59.7 Å². The van der Waals surface area contributed by atoms with Crippen molar-refractivity contribution in [3.63, 3.8) is 0 Å². The number of benzene rings is 2. The molecule has 0 bridgehead atoms. The van der Waals surface area contributed by atoms with Crippen molar-refractivity contribution in [1.82, 2.24) is 4.90 Å². The number of amides is 1. The molecular weight excluding hydrogens is 368 g/mol. The Morgan fingerprint density at radius 2 is 1.90 bits per heavy atom. The van der Waals surface area contributed by atoms with Gasteiger partial charge in [0.25, 0.3) is 5.91 Å². The normalized spacial score (nSPS) is 19.3. The molecule has 1 aliphatic heterocycles. The monoisotopic (exact) mass is 394 g/mol. The SMILES string of the molecule is CCC(c1ccccc1)N1C=NC(C)(Cc2ccc(OC(C)=O)c(OC)c2)C1=O. The highest BCUT2D eigenvalue weighted by Gasteiger charge is 2.43. The summed E-state index contributed by atoms with van der Waals surface area (Å²) in [7, 11) is 1.51. The van der Waals surface area contributed by atoms with Gasteiger partial charge in [0.2, 0.25) is 0 Å². The number of methoxy groups -OCH3 is 1. The van der Waals surface area contributed by atoms with Crippen LogP contribution in [0, 0.1) is 0 Å². The maximum atomic E-state index is 13.3. The molecule has 0 spiro atoms. The van der Waals surface area contributed by atoms with E-state index in [9.17, 15) is 9.59 Å². The lowest BCUT2D eigenvalue weighted by Crippen LogP contribution is -2.42. The number of carbonyl (C=O) groups is 2. The number of ether oxygens (including phenoxy) is 2. The van der Waals surface area contributed by atoms with Crippen molar-refractivity contribution in [2.45, 2.75) is 45.2 Å². The minimum Gasteiger partial charge on any atom is -0.493 e. The summed E-state index contributed by atoms with van der Waals surface area (Å²) in [4.78, 5) is 30.8. The number of esters is 1. The molecule has 1 amide bonds. The van der Waals surface area contributed by atoms with Crippen LogP contribution in [0.25, 0.3) is 0 Å². The minimum atomic E-state index is -0.893. The summed E-state index contributed by atoms with van der Waals surface area (Å²) in [6.07, 6.45) is 2.87. The van der Waals surface area contributed by atoms with E-state index in [0.29, 0.717) is 17.9 Å². The largest absolute Gasteiger partial charge is 0.493 e. The van der Waals surface area contributed by atoms with Crippen LogP contribution >= 0.6 is 0 Å². The standard InChI is InChI=1S/C23H26N2O4/c1-5-19(18-9-7-6-8-10-18)25-15-24-23(3,22(25)27)14-17-11-12-20(29-16(2)26)21(13-17)28-4/h6-13,15,19H,5,14H2,1-4H3. The molecule has 0 fully saturated rings. The summed E-state index contributed by atoms with van der Waals surface area (Å²) >= 11 is 0. The van der Waals surface area contributed by atoms with Gasteiger partial charge in [-0.25, -0.2) is 0 Å². The Balaban J connectivity index is 1.81. The van der Waals surface area contributed by atoms with Gasteiger partial charge in [-0.3, -0.25) is 19.5 Å². The molecular formula is C23H26N2O4. The van der Waals surface area contributed by atoms with Crippen molar-refractivity contribution in [2.24, 2.45) is 4.99 Å². The van der Waals surface area contributed by atoms with E-state index in [1.54, 1.807) is 23.4 Å². The summed E-state index contributed by atoms with van der Waals surface area (Å²) < 4.78 is 10.5. The lowest BCUT2D eigenvalue weighted by atomic mass is 9.91. The predicted molar refractivity (Wildman–Crippen MR) is 111 cm³/mol. The molecule has 152 valence electrons. The number of nitrogens with zero attached hydrogens (tertiary/aromatic N) is 2. The molecule has 6 nitrogen and oxygen atoms in total. The lowest BCUT2D eigenvalue weighted by Gasteiger charge is -2.28. The molecule has 2 atom stereocenters. The Bertz CT molecular complexity index is 926. The summed E-state index contributed by atoms with van der Waals surface area (Å²) in [5.41, 5.74) is 1.07. The van der Waals surface area contributed by atoms with E-state index in [1.807, 2.05) is 43.3 Å². The molecule has 2 aromatic rings. The Kier molecular flexibility index (Phi) is 6.01. The van der Waals surface area contributed by atoms with Gasteiger partial charge in [0.05, 0.1) is 19.5 Å². The second-order valence-corrected chi connectivity index (χ2v) is 7.32. The van der Waals surface area contributed by atoms with Crippen LogP contribution in [0.4, 0.5) is 0 Å². The van der Waals surface area contributed by atoms with Gasteiger partial charge in [-0.15, -0.1) is 0 Å². The van der Waals surface area contributed by atoms with Gasteiger partial charge >= 0.3 is 5.97 Å². The zero-order valence-electron chi connectivity index (χ0n) is 17.2. The molecule has 0 saturated carbocycles. The second kappa shape index (κ2) is 8.47. The third kappa shape index (κ3) is 4.31. The lowest BCUT2D eigenvalue weighted by molar-refractivity contribution is -0.132. The predicted octanol–water partition coefficient (Wildman–Crippen LogP) is 3.94. The van der Waals surface area contributed by atoms with Crippen LogP contribution in [0.5, 0.6) is 11.5 Å². The molecule has 0 aromatic heterocycles. The number of rotatable bonds is 7. The van der Waals surface area contributed by atoms with E-state index >= 15 is 0 Å². The molecule has 29 heavy (non-hydrogen) atoms.